The zero-order chi connectivity index (χ0) is 78.1. The first-order chi connectivity index (χ1) is 56.9. The Labute approximate surface area is 665 Å². The van der Waals surface area contributed by atoms with E-state index in [0.29, 0.717) is 46.9 Å². The van der Waals surface area contributed by atoms with Gasteiger partial charge >= 0.3 is 0 Å². The van der Waals surface area contributed by atoms with Crippen LogP contribution in [0.2, 0.25) is 0 Å². The van der Waals surface area contributed by atoms with Gasteiger partial charge in [0.05, 0.1) is 56.1 Å². The van der Waals surface area contributed by atoms with Crippen molar-refractivity contribution in [1.29, 1.82) is 0 Å². The number of rotatable bonds is 11. The normalized spacial score (nSPS) is 14.4. The van der Waals surface area contributed by atoms with E-state index in [-0.39, 0.29) is 0 Å². The number of pyridine rings is 4. The molecule has 4 saturated carbocycles. The van der Waals surface area contributed by atoms with Crippen LogP contribution < -0.4 is 22.9 Å². The molecule has 6 aromatic carbocycles. The van der Waals surface area contributed by atoms with Gasteiger partial charge in [0.15, 0.2) is 17.5 Å². The molecule has 25 nitrogen and oxygen atoms in total. The van der Waals surface area contributed by atoms with Crippen LogP contribution >= 0.6 is 0 Å². The highest BCUT2D eigenvalue weighted by Gasteiger charge is 2.32. The Bertz CT molecular complexity index is 6770. The summed E-state index contributed by atoms with van der Waals surface area (Å²) >= 11 is 0. The lowest BCUT2D eigenvalue weighted by atomic mass is 9.85. The third-order valence-corrected chi connectivity index (χ3v) is 23.2. The fourth-order valence-corrected chi connectivity index (χ4v) is 16.1. The van der Waals surface area contributed by atoms with Crippen molar-refractivity contribution in [2.45, 2.75) is 115 Å². The topological polar surface area (TPSA) is 341 Å². The van der Waals surface area contributed by atoms with Gasteiger partial charge in [-0.15, -0.1) is 0 Å². The largest absolute Gasteiger partial charge is 0.382 e. The summed E-state index contributed by atoms with van der Waals surface area (Å²) in [5.41, 5.74) is 47.8. The highest BCUT2D eigenvalue weighted by atomic mass is 15.3. The molecule has 13 heterocycles. The third kappa shape index (κ3) is 13.0. The zero-order valence-corrected chi connectivity index (χ0v) is 63.9. The molecule has 4 aliphatic carbocycles. The quantitative estimate of drug-likeness (QED) is 0.0934. The van der Waals surface area contributed by atoms with E-state index in [4.69, 9.17) is 57.8 Å². The molecule has 0 aliphatic heterocycles. The van der Waals surface area contributed by atoms with Crippen LogP contribution in [0.3, 0.4) is 0 Å². The minimum Gasteiger partial charge on any atom is -0.382 e. The number of hydrogen-bond acceptors (Lipinski definition) is 21. The first-order valence-electron chi connectivity index (χ1n) is 39.5. The lowest BCUT2D eigenvalue weighted by Crippen LogP contribution is -2.14. The molecule has 0 radical (unpaired) electrons. The smallest absolute Gasteiger partial charge is 0.153 e. The Balaban J connectivity index is 0.000000100. The van der Waals surface area contributed by atoms with Gasteiger partial charge in [-0.2, -0.15) is 15.3 Å². The van der Waals surface area contributed by atoms with Gasteiger partial charge in [0.2, 0.25) is 0 Å². The van der Waals surface area contributed by atoms with Crippen LogP contribution in [-0.2, 0) is 0 Å². The minimum atomic E-state index is 0.426. The average Bonchev–Trinajstić information content (AvgIpc) is 1.58. The molecule has 4 fully saturated rings. The maximum absolute atomic E-state index is 6.28. The number of anilines is 4. The number of fused-ring (bicyclic) bond motifs is 8. The van der Waals surface area contributed by atoms with Gasteiger partial charge < -0.3 is 22.9 Å². The first-order valence-corrected chi connectivity index (χ1v) is 39.5. The number of nitrogens with two attached hydrogens (primary N) is 4. The monoisotopic (exact) mass is 1520 g/mol. The highest BCUT2D eigenvalue weighted by molar-refractivity contribution is 5.96. The van der Waals surface area contributed by atoms with Crippen molar-refractivity contribution < 1.29 is 0 Å². The van der Waals surface area contributed by atoms with E-state index in [1.54, 1.807) is 18.6 Å². The second-order valence-corrected chi connectivity index (χ2v) is 30.5. The standard InChI is InChI=1S/C25H22N6.C24H20N6.C23H19N7.C19H18N6/c1-15-12-20(16-6-3-2-4-7-16)29-21-13-18(10-11-19(15)21)22-23-24(26)27-14-28-31(23)25(30-22)17-8-5-9-17;25-23-22-21(29-24(17-7-4-8-17)30(22)27-14-26-23)18-10-9-16-11-12-19(28-20(16)13-18)15-5-2-1-3-6-15;24-22-21-20(29-23(15-4-3-5-15)30(21)27-13-26-22)16-8-7-14-9-10-18(28-19(14)12-16)17-6-1-2-11-25-17;1-11-10-22-14-6-5-13(9-15(14)23-11)16-17-18(20)21-7-8-25(17)19(24-16)12-3-2-4-12/h2-4,6-7,10-14,17H,5,8-9H2,1H3,(H2,26,27,28);1-3,5-6,9-14,17H,4,7-8H2,(H2,25,26,27);1-2,6-13,15H,3-5H2,(H2,24,26,27);5-10,12H,2-4H2,1H3,(H2,20,21). The molecule has 568 valence electrons. The molecule has 0 unspecified atom stereocenters. The molecule has 23 rings (SSSR count). The van der Waals surface area contributed by atoms with Gasteiger partial charge in [0.25, 0.3) is 0 Å². The van der Waals surface area contributed by atoms with Crippen LogP contribution in [0.4, 0.5) is 23.3 Å². The number of nitrogens with zero attached hydrogens (tertiary/aromatic N) is 21. The van der Waals surface area contributed by atoms with Crippen LogP contribution in [0, 0.1) is 13.8 Å². The van der Waals surface area contributed by atoms with Crippen LogP contribution in [0.25, 0.3) is 145 Å². The Morgan fingerprint density at radius 1 is 0.310 bits per heavy atom. The van der Waals surface area contributed by atoms with Crippen LogP contribution in [-0.4, -0.2) is 103 Å². The average molecular weight is 1520 g/mol. The van der Waals surface area contributed by atoms with Gasteiger partial charge in [-0.1, -0.05) is 147 Å². The Morgan fingerprint density at radius 3 is 1.26 bits per heavy atom. The Morgan fingerprint density at radius 2 is 0.741 bits per heavy atom. The van der Waals surface area contributed by atoms with E-state index in [2.05, 4.69) is 165 Å². The maximum Gasteiger partial charge on any atom is 0.153 e. The predicted octanol–water partition coefficient (Wildman–Crippen LogP) is 17.8. The number of aryl methyl sites for hydroxylation is 2. The molecular weight excluding hydrogens is 1440 g/mol. The van der Waals surface area contributed by atoms with E-state index in [9.17, 15) is 0 Å². The van der Waals surface area contributed by atoms with Crippen molar-refractivity contribution in [2.75, 3.05) is 22.9 Å². The van der Waals surface area contributed by atoms with Crippen molar-refractivity contribution in [3.63, 3.8) is 0 Å². The lowest BCUT2D eigenvalue weighted by Gasteiger charge is -2.23. The van der Waals surface area contributed by atoms with Gasteiger partial charge in [0, 0.05) is 98.0 Å². The minimum absolute atomic E-state index is 0.426. The number of aromatic nitrogens is 21. The van der Waals surface area contributed by atoms with Gasteiger partial charge in [-0.05, 0) is 131 Å². The van der Waals surface area contributed by atoms with Crippen LogP contribution in [0.15, 0.2) is 226 Å². The summed E-state index contributed by atoms with van der Waals surface area (Å²) in [7, 11) is 0. The van der Waals surface area contributed by atoms with Crippen LogP contribution in [0.1, 0.15) is 135 Å². The first kappa shape index (κ1) is 70.6. The second-order valence-electron chi connectivity index (χ2n) is 30.5. The van der Waals surface area contributed by atoms with Crippen molar-refractivity contribution in [3.05, 3.63) is 260 Å². The number of benzene rings is 6. The summed E-state index contributed by atoms with van der Waals surface area (Å²) in [6, 6.07) is 61.5. The zero-order valence-electron chi connectivity index (χ0n) is 63.9. The molecule has 0 spiro atoms. The summed E-state index contributed by atoms with van der Waals surface area (Å²) in [6.07, 6.45) is 25.9. The molecule has 0 amide bonds. The number of nitrogen functional groups attached to an aromatic ring is 4. The number of imidazole rings is 4. The molecule has 8 N–H and O–H groups in total. The van der Waals surface area contributed by atoms with Crippen LogP contribution in [0.5, 0.6) is 0 Å². The summed E-state index contributed by atoms with van der Waals surface area (Å²) in [6.45, 7) is 4.07. The molecule has 0 saturated heterocycles. The number of hydrogen-bond donors (Lipinski definition) is 4. The van der Waals surface area contributed by atoms with Gasteiger partial charge in [0.1, 0.15) is 92.9 Å². The maximum atomic E-state index is 6.28. The van der Waals surface area contributed by atoms with Crippen molar-refractivity contribution in [1.82, 2.24) is 103 Å². The van der Waals surface area contributed by atoms with Gasteiger partial charge in [-0.25, -0.2) is 73.4 Å². The molecule has 13 aromatic heterocycles. The highest BCUT2D eigenvalue weighted by Crippen LogP contribution is 2.45. The fourth-order valence-electron chi connectivity index (χ4n) is 16.1. The molecular formula is C91H79N25. The fraction of sp³-hybridized carbons (Fsp3) is 0.198. The van der Waals surface area contributed by atoms with E-state index in [0.717, 1.165) is 212 Å². The lowest BCUT2D eigenvalue weighted by molar-refractivity contribution is 0.396. The third-order valence-electron chi connectivity index (χ3n) is 23.2. The summed E-state index contributed by atoms with van der Waals surface area (Å²) in [5, 5.41) is 16.7. The van der Waals surface area contributed by atoms with Crippen molar-refractivity contribution >= 4 is 89.1 Å². The molecule has 25 heteroatoms. The van der Waals surface area contributed by atoms with Crippen molar-refractivity contribution in [3.8, 4) is 78.9 Å². The molecule has 0 atom stereocenters. The van der Waals surface area contributed by atoms with Crippen molar-refractivity contribution in [2.24, 2.45) is 0 Å². The molecule has 116 heavy (non-hydrogen) atoms. The molecule has 4 aliphatic rings. The van der Waals surface area contributed by atoms with E-state index < -0.39 is 0 Å². The Hall–Kier alpha value is -14.5. The molecule has 0 bridgehead atoms. The summed E-state index contributed by atoms with van der Waals surface area (Å²) < 4.78 is 7.72. The summed E-state index contributed by atoms with van der Waals surface area (Å²) in [5.74, 6) is 7.65. The second kappa shape index (κ2) is 29.6. The summed E-state index contributed by atoms with van der Waals surface area (Å²) in [4.78, 5) is 65.0. The SMILES string of the molecule is Cc1cc(-c2ccccc2)nc2cc(-c3nc(C4CCC4)n4ncnc(N)c34)ccc12.Cc1cnc2ccc(-c3nc(C4CCC4)n4ccnc(N)c34)cc2n1.Nc1ncnn2c(C3CCC3)nc(-c3ccc4ccc(-c5ccccc5)nc4c3)c12.Nc1ncnn2c(C3CCC3)nc(-c3ccc4ccc(-c5ccccn5)nc4c3)c12. The van der Waals surface area contributed by atoms with Gasteiger partial charge in [-0.3, -0.25) is 14.4 Å². The molecule has 19 aromatic rings. The predicted molar refractivity (Wildman–Crippen MR) is 454 cm³/mol. The van der Waals surface area contributed by atoms with E-state index >= 15 is 0 Å². The van der Waals surface area contributed by atoms with E-state index in [1.807, 2.05) is 106 Å². The Kier molecular flexibility index (Phi) is 18.0. The van der Waals surface area contributed by atoms with E-state index in [1.165, 1.54) is 63.1 Å².